The molecule has 3 atom stereocenters. The summed E-state index contributed by atoms with van der Waals surface area (Å²) in [6, 6.07) is 26.2. The molecule has 2 fully saturated rings. The second kappa shape index (κ2) is 9.52. The number of carbonyl (C=O) groups is 1. The lowest BCUT2D eigenvalue weighted by Gasteiger charge is -2.55. The number of nitrogens with one attached hydrogen (secondary N) is 1. The van der Waals surface area contributed by atoms with Gasteiger partial charge in [-0.3, -0.25) is 9.69 Å². The number of piperidine rings is 1. The maximum absolute atomic E-state index is 13.1. The molecule has 2 bridgehead atoms. The lowest BCUT2D eigenvalue weighted by atomic mass is 9.59. The third-order valence-corrected chi connectivity index (χ3v) is 9.34. The summed E-state index contributed by atoms with van der Waals surface area (Å²) in [6.45, 7) is 8.02. The highest BCUT2D eigenvalue weighted by Crippen LogP contribution is 2.49. The molecule has 0 spiro atoms. The van der Waals surface area contributed by atoms with Crippen LogP contribution in [0.5, 0.6) is 0 Å². The molecular formula is C33H38N2O. The molecule has 36 heavy (non-hydrogen) atoms. The predicted octanol–water partition coefficient (Wildman–Crippen LogP) is 6.26. The Hall–Kier alpha value is -2.91. The Morgan fingerprint density at radius 1 is 1.00 bits per heavy atom. The number of benzene rings is 3. The van der Waals surface area contributed by atoms with Crippen molar-refractivity contribution in [2.75, 3.05) is 19.6 Å². The van der Waals surface area contributed by atoms with Crippen LogP contribution in [0, 0.1) is 11.8 Å². The molecule has 3 aromatic rings. The van der Waals surface area contributed by atoms with E-state index in [1.54, 1.807) is 0 Å². The minimum atomic E-state index is 0.0447. The van der Waals surface area contributed by atoms with Gasteiger partial charge in [0.1, 0.15) is 0 Å². The van der Waals surface area contributed by atoms with Gasteiger partial charge in [0.25, 0.3) is 5.91 Å². The number of amides is 1. The van der Waals surface area contributed by atoms with Crippen molar-refractivity contribution in [1.29, 1.82) is 0 Å². The van der Waals surface area contributed by atoms with Crippen LogP contribution < -0.4 is 5.32 Å². The fraction of sp³-hybridized carbons (Fsp3) is 0.424. The third-order valence-electron chi connectivity index (χ3n) is 9.34. The number of carbonyl (C=O) groups excluding carboxylic acids is 1. The normalized spacial score (nSPS) is 25.3. The maximum atomic E-state index is 13.1. The number of likely N-dealkylation sites (tertiary alicyclic amines) is 1. The molecule has 1 unspecified atom stereocenters. The van der Waals surface area contributed by atoms with Crippen molar-refractivity contribution in [3.63, 3.8) is 0 Å². The molecular weight excluding hydrogens is 440 g/mol. The average Bonchev–Trinajstić information content (AvgIpc) is 3.73. The van der Waals surface area contributed by atoms with E-state index in [4.69, 9.17) is 0 Å². The summed E-state index contributed by atoms with van der Waals surface area (Å²) in [7, 11) is 0. The molecule has 1 saturated heterocycles. The Morgan fingerprint density at radius 2 is 1.75 bits per heavy atom. The fourth-order valence-corrected chi connectivity index (χ4v) is 6.62. The smallest absolute Gasteiger partial charge is 0.251 e. The summed E-state index contributed by atoms with van der Waals surface area (Å²) in [6.07, 6.45) is 5.99. The summed E-state index contributed by atoms with van der Waals surface area (Å²) in [4.78, 5) is 15.9. The Kier molecular flexibility index (Phi) is 6.21. The van der Waals surface area contributed by atoms with Gasteiger partial charge in [0.05, 0.1) is 0 Å². The van der Waals surface area contributed by atoms with Crippen molar-refractivity contribution in [2.45, 2.75) is 57.4 Å². The van der Waals surface area contributed by atoms with E-state index in [9.17, 15) is 4.79 Å². The van der Waals surface area contributed by atoms with Crippen molar-refractivity contribution >= 4 is 5.91 Å². The van der Waals surface area contributed by atoms with Crippen molar-refractivity contribution in [3.8, 4) is 11.1 Å². The summed E-state index contributed by atoms with van der Waals surface area (Å²) in [5.74, 6) is 1.61. The summed E-state index contributed by atoms with van der Waals surface area (Å²) in [5.41, 5.74) is 7.53. The standard InChI is InChI=1S/C33H38N2O/c1-23-31-21-28-14-15-29(20-30(28)33(23,2)17-19-35(31)22-25-8-9-25)32(36)34-18-16-24-10-12-27(13-11-24)26-6-4-3-5-7-26/h3-7,10-15,20,23,25,31H,8-9,16-19,21-22H2,1-2H3,(H,34,36)/t23-,31?,33+/m0/s1. The molecule has 2 aliphatic carbocycles. The predicted molar refractivity (Wildman–Crippen MR) is 147 cm³/mol. The van der Waals surface area contributed by atoms with Gasteiger partial charge in [-0.25, -0.2) is 0 Å². The van der Waals surface area contributed by atoms with E-state index in [2.05, 4.69) is 84.7 Å². The molecule has 0 aromatic heterocycles. The fourth-order valence-electron chi connectivity index (χ4n) is 6.62. The van der Waals surface area contributed by atoms with Crippen LogP contribution in [-0.4, -0.2) is 36.5 Å². The molecule has 3 aromatic carbocycles. The van der Waals surface area contributed by atoms with E-state index in [1.165, 1.54) is 60.2 Å². The molecule has 1 aliphatic heterocycles. The number of hydrogen-bond acceptors (Lipinski definition) is 2. The van der Waals surface area contributed by atoms with Crippen LogP contribution in [0.4, 0.5) is 0 Å². The molecule has 0 radical (unpaired) electrons. The van der Waals surface area contributed by atoms with Crippen LogP contribution in [0.3, 0.4) is 0 Å². The number of hydrogen-bond donors (Lipinski definition) is 1. The zero-order valence-electron chi connectivity index (χ0n) is 21.7. The Bertz CT molecular complexity index is 1230. The lowest BCUT2D eigenvalue weighted by molar-refractivity contribution is 0.0284. The Balaban J connectivity index is 1.10. The van der Waals surface area contributed by atoms with Gasteiger partial charge in [0, 0.05) is 24.7 Å². The summed E-state index contributed by atoms with van der Waals surface area (Å²) >= 11 is 0. The van der Waals surface area contributed by atoms with Crippen molar-refractivity contribution < 1.29 is 4.79 Å². The molecule has 186 valence electrons. The van der Waals surface area contributed by atoms with Crippen LogP contribution in [0.2, 0.25) is 0 Å². The second-order valence-electron chi connectivity index (χ2n) is 11.6. The Morgan fingerprint density at radius 3 is 2.50 bits per heavy atom. The average molecular weight is 479 g/mol. The molecule has 1 N–H and O–H groups in total. The van der Waals surface area contributed by atoms with Crippen LogP contribution in [0.25, 0.3) is 11.1 Å². The monoisotopic (exact) mass is 478 g/mol. The van der Waals surface area contributed by atoms with Crippen LogP contribution in [0.1, 0.15) is 60.2 Å². The zero-order valence-corrected chi connectivity index (χ0v) is 21.7. The minimum absolute atomic E-state index is 0.0447. The largest absolute Gasteiger partial charge is 0.352 e. The Labute approximate surface area is 215 Å². The molecule has 1 heterocycles. The second-order valence-corrected chi connectivity index (χ2v) is 11.6. The van der Waals surface area contributed by atoms with Gasteiger partial charge in [0.2, 0.25) is 0 Å². The molecule has 3 heteroatoms. The number of nitrogens with zero attached hydrogens (tertiary/aromatic N) is 1. The van der Waals surface area contributed by atoms with Crippen molar-refractivity contribution in [1.82, 2.24) is 10.2 Å². The SMILES string of the molecule is C[C@H]1C2Cc3ccc(C(=O)NCCc4ccc(-c5ccccc5)cc4)cc3[C@]1(C)CCN2CC1CC1. The topological polar surface area (TPSA) is 32.3 Å². The summed E-state index contributed by atoms with van der Waals surface area (Å²) < 4.78 is 0. The van der Waals surface area contributed by atoms with Crippen molar-refractivity contribution in [2.24, 2.45) is 11.8 Å². The van der Waals surface area contributed by atoms with Gasteiger partial charge in [-0.05, 0) is 95.8 Å². The van der Waals surface area contributed by atoms with Gasteiger partial charge < -0.3 is 5.32 Å². The van der Waals surface area contributed by atoms with E-state index in [0.717, 1.165) is 24.3 Å². The van der Waals surface area contributed by atoms with Crippen LogP contribution in [-0.2, 0) is 18.3 Å². The first kappa shape index (κ1) is 23.5. The van der Waals surface area contributed by atoms with E-state index in [0.29, 0.717) is 18.5 Å². The molecule has 3 nitrogen and oxygen atoms in total. The molecule has 6 rings (SSSR count). The van der Waals surface area contributed by atoms with Gasteiger partial charge in [-0.15, -0.1) is 0 Å². The minimum Gasteiger partial charge on any atom is -0.352 e. The van der Waals surface area contributed by atoms with E-state index in [-0.39, 0.29) is 11.3 Å². The quantitative estimate of drug-likeness (QED) is 0.435. The zero-order chi connectivity index (χ0) is 24.7. The molecule has 1 saturated carbocycles. The van der Waals surface area contributed by atoms with E-state index >= 15 is 0 Å². The van der Waals surface area contributed by atoms with E-state index in [1.807, 2.05) is 12.1 Å². The number of rotatable bonds is 7. The van der Waals surface area contributed by atoms with Crippen LogP contribution >= 0.6 is 0 Å². The first-order valence-corrected chi connectivity index (χ1v) is 13.8. The van der Waals surface area contributed by atoms with Gasteiger partial charge >= 0.3 is 0 Å². The highest BCUT2D eigenvalue weighted by Gasteiger charge is 2.49. The van der Waals surface area contributed by atoms with E-state index < -0.39 is 0 Å². The number of fused-ring (bicyclic) bond motifs is 4. The molecule has 1 amide bonds. The van der Waals surface area contributed by atoms with Gasteiger partial charge in [-0.2, -0.15) is 0 Å². The first-order valence-electron chi connectivity index (χ1n) is 13.8. The molecule has 3 aliphatic rings. The highest BCUT2D eigenvalue weighted by atomic mass is 16.1. The van der Waals surface area contributed by atoms with Gasteiger partial charge in [-0.1, -0.05) is 74.5 Å². The highest BCUT2D eigenvalue weighted by molar-refractivity contribution is 5.94. The third kappa shape index (κ3) is 4.50. The first-order chi connectivity index (χ1) is 17.5. The van der Waals surface area contributed by atoms with Crippen molar-refractivity contribution in [3.05, 3.63) is 95.1 Å². The lowest BCUT2D eigenvalue weighted by Crippen LogP contribution is -2.58. The maximum Gasteiger partial charge on any atom is 0.251 e. The summed E-state index contributed by atoms with van der Waals surface area (Å²) in [5, 5.41) is 3.17. The van der Waals surface area contributed by atoms with Gasteiger partial charge in [0.15, 0.2) is 0 Å². The van der Waals surface area contributed by atoms with Crippen LogP contribution in [0.15, 0.2) is 72.8 Å².